The Morgan fingerprint density at radius 3 is 2.29 bits per heavy atom. The van der Waals surface area contributed by atoms with Crippen LogP contribution in [0, 0.1) is 11.8 Å². The number of carbonyl (C=O) groups is 3. The normalized spacial score (nSPS) is 24.3. The van der Waals surface area contributed by atoms with Crippen LogP contribution in [0.3, 0.4) is 0 Å². The molecule has 3 aliphatic heterocycles. The lowest BCUT2D eigenvalue weighted by molar-refractivity contribution is -0.123. The Labute approximate surface area is 210 Å². The molecular weight excluding hydrogens is 508 g/mol. The Balaban J connectivity index is 1.47. The van der Waals surface area contributed by atoms with Crippen molar-refractivity contribution in [2.45, 2.75) is 12.1 Å². The molecule has 35 heavy (non-hydrogen) atoms. The van der Waals surface area contributed by atoms with Gasteiger partial charge in [0, 0.05) is 16.2 Å². The predicted molar refractivity (Wildman–Crippen MR) is 135 cm³/mol. The van der Waals surface area contributed by atoms with Crippen LogP contribution in [-0.2, 0) is 9.59 Å². The summed E-state index contributed by atoms with van der Waals surface area (Å²) in [5, 5.41) is 0. The largest absolute Gasteiger partial charge is 0.497 e. The minimum absolute atomic E-state index is 0.187. The molecule has 7 heteroatoms. The predicted octanol–water partition coefficient (Wildman–Crippen LogP) is 4.86. The quantitative estimate of drug-likeness (QED) is 0.357. The van der Waals surface area contributed by atoms with Crippen LogP contribution in [0.2, 0.25) is 0 Å². The van der Waals surface area contributed by atoms with Crippen LogP contribution in [0.15, 0.2) is 83.5 Å². The summed E-state index contributed by atoms with van der Waals surface area (Å²) in [6.07, 6.45) is 3.81. The lowest BCUT2D eigenvalue weighted by Gasteiger charge is -2.35. The molecule has 3 aromatic carbocycles. The summed E-state index contributed by atoms with van der Waals surface area (Å²) < 4.78 is 6.08. The molecule has 6 rings (SSSR count). The first-order valence-electron chi connectivity index (χ1n) is 11.4. The number of fused-ring (bicyclic) bond motifs is 5. The molecule has 3 aromatic rings. The SMILES string of the molecule is COc1ccc(C(=O)[C@@H]2[C@@H]3C(=O)N(c4ccc(Br)cc4)C(=O)[C@H]3[C@@H]3c4ccccc4C=CN23)cc1. The molecule has 0 radical (unpaired) electrons. The zero-order valence-electron chi connectivity index (χ0n) is 18.8. The number of amides is 2. The number of anilines is 1. The minimum Gasteiger partial charge on any atom is -0.497 e. The Hall–Kier alpha value is -3.71. The van der Waals surface area contributed by atoms with Crippen LogP contribution in [0.5, 0.6) is 5.75 Å². The molecule has 0 N–H and O–H groups in total. The minimum atomic E-state index is -0.792. The fourth-order valence-corrected chi connectivity index (χ4v) is 5.89. The molecule has 2 fully saturated rings. The third kappa shape index (κ3) is 3.26. The summed E-state index contributed by atoms with van der Waals surface area (Å²) in [4.78, 5) is 44.8. The molecule has 0 spiro atoms. The number of Topliss-reactive ketones (excluding diaryl/α,β-unsaturated/α-hetero) is 1. The number of nitrogens with zero attached hydrogens (tertiary/aromatic N) is 2. The zero-order chi connectivity index (χ0) is 24.3. The van der Waals surface area contributed by atoms with Crippen molar-refractivity contribution >= 4 is 45.3 Å². The van der Waals surface area contributed by atoms with Crippen LogP contribution in [0.25, 0.3) is 6.08 Å². The number of ketones is 1. The molecule has 0 aliphatic carbocycles. The van der Waals surface area contributed by atoms with Crippen LogP contribution >= 0.6 is 15.9 Å². The molecule has 6 nitrogen and oxygen atoms in total. The van der Waals surface area contributed by atoms with Crippen LogP contribution in [0.4, 0.5) is 5.69 Å². The summed E-state index contributed by atoms with van der Waals surface area (Å²) in [5.41, 5.74) is 2.94. The van der Waals surface area contributed by atoms with E-state index in [0.29, 0.717) is 17.0 Å². The first kappa shape index (κ1) is 21.8. The van der Waals surface area contributed by atoms with Gasteiger partial charge in [0.05, 0.1) is 30.7 Å². The molecule has 4 atom stereocenters. The number of methoxy groups -OCH3 is 1. The Morgan fingerprint density at radius 2 is 1.57 bits per heavy atom. The van der Waals surface area contributed by atoms with Gasteiger partial charge in [-0.2, -0.15) is 0 Å². The van der Waals surface area contributed by atoms with Crippen molar-refractivity contribution in [3.05, 3.63) is 100 Å². The van der Waals surface area contributed by atoms with E-state index in [1.807, 2.05) is 41.4 Å². The number of imide groups is 1. The maximum absolute atomic E-state index is 13.9. The van der Waals surface area contributed by atoms with E-state index in [9.17, 15) is 14.4 Å². The monoisotopic (exact) mass is 528 g/mol. The third-order valence-corrected chi connectivity index (χ3v) is 7.72. The third-order valence-electron chi connectivity index (χ3n) is 7.19. The summed E-state index contributed by atoms with van der Waals surface area (Å²) in [6.45, 7) is 0. The highest BCUT2D eigenvalue weighted by molar-refractivity contribution is 9.10. The van der Waals surface area contributed by atoms with Crippen LogP contribution < -0.4 is 9.64 Å². The van der Waals surface area contributed by atoms with Crippen molar-refractivity contribution in [3.8, 4) is 5.75 Å². The lowest BCUT2D eigenvalue weighted by Crippen LogP contribution is -2.44. The van der Waals surface area contributed by atoms with Gasteiger partial charge in [-0.05, 0) is 65.7 Å². The molecule has 0 unspecified atom stereocenters. The van der Waals surface area contributed by atoms with Gasteiger partial charge in [-0.25, -0.2) is 4.90 Å². The number of ether oxygens (including phenoxy) is 1. The summed E-state index contributed by atoms with van der Waals surface area (Å²) in [7, 11) is 1.57. The van der Waals surface area contributed by atoms with Crippen molar-refractivity contribution < 1.29 is 19.1 Å². The number of rotatable bonds is 4. The topological polar surface area (TPSA) is 66.9 Å². The zero-order valence-corrected chi connectivity index (χ0v) is 20.4. The standard InChI is InChI=1S/C28H21BrN2O4/c1-35-20-12-6-17(7-13-20)26(32)25-23-22(24-21-5-3-2-4-16(21)14-15-30(24)25)27(33)31(28(23)34)19-10-8-18(29)9-11-19/h2-15,22-25H,1H3/t22-,23-,24+,25+/m1/s1. The first-order valence-corrected chi connectivity index (χ1v) is 12.1. The summed E-state index contributed by atoms with van der Waals surface area (Å²) in [5.74, 6) is -1.61. The molecular formula is C28H21BrN2O4. The van der Waals surface area contributed by atoms with E-state index in [1.54, 1.807) is 55.6 Å². The van der Waals surface area contributed by atoms with Crippen molar-refractivity contribution in [3.63, 3.8) is 0 Å². The van der Waals surface area contributed by atoms with Crippen molar-refractivity contribution in [2.75, 3.05) is 12.0 Å². The second kappa shape index (κ2) is 8.20. The molecule has 0 aromatic heterocycles. The van der Waals surface area contributed by atoms with Gasteiger partial charge in [-0.3, -0.25) is 14.4 Å². The van der Waals surface area contributed by atoms with Gasteiger partial charge in [-0.15, -0.1) is 0 Å². The number of halogens is 1. The second-order valence-corrected chi connectivity index (χ2v) is 9.83. The van der Waals surface area contributed by atoms with E-state index in [1.165, 1.54) is 4.90 Å². The molecule has 3 heterocycles. The highest BCUT2D eigenvalue weighted by Crippen LogP contribution is 2.53. The average molecular weight is 529 g/mol. The van der Waals surface area contributed by atoms with E-state index in [-0.39, 0.29) is 17.6 Å². The first-order chi connectivity index (χ1) is 17.0. The highest BCUT2D eigenvalue weighted by Gasteiger charge is 2.64. The number of carbonyl (C=O) groups excluding carboxylic acids is 3. The van der Waals surface area contributed by atoms with Gasteiger partial charge in [0.2, 0.25) is 11.8 Å². The van der Waals surface area contributed by atoms with E-state index >= 15 is 0 Å². The van der Waals surface area contributed by atoms with E-state index in [2.05, 4.69) is 15.9 Å². The summed E-state index contributed by atoms with van der Waals surface area (Å²) >= 11 is 3.40. The fraction of sp³-hybridized carbons (Fsp3) is 0.179. The maximum atomic E-state index is 13.9. The van der Waals surface area contributed by atoms with Gasteiger partial charge in [0.1, 0.15) is 11.8 Å². The van der Waals surface area contributed by atoms with Gasteiger partial charge in [0.25, 0.3) is 0 Å². The number of hydrogen-bond acceptors (Lipinski definition) is 5. The second-order valence-electron chi connectivity index (χ2n) is 8.91. The van der Waals surface area contributed by atoms with Crippen molar-refractivity contribution in [1.82, 2.24) is 4.90 Å². The number of hydrogen-bond donors (Lipinski definition) is 0. The van der Waals surface area contributed by atoms with Crippen LogP contribution in [-0.4, -0.2) is 35.6 Å². The molecule has 0 saturated carbocycles. The molecule has 3 aliphatic rings. The lowest BCUT2D eigenvalue weighted by atomic mass is 9.83. The molecule has 2 saturated heterocycles. The van der Waals surface area contributed by atoms with Gasteiger partial charge in [-0.1, -0.05) is 40.2 Å². The molecule has 174 valence electrons. The van der Waals surface area contributed by atoms with E-state index in [0.717, 1.165) is 15.6 Å². The van der Waals surface area contributed by atoms with Crippen molar-refractivity contribution in [1.29, 1.82) is 0 Å². The van der Waals surface area contributed by atoms with Gasteiger partial charge < -0.3 is 9.64 Å². The Bertz CT molecular complexity index is 1380. The van der Waals surface area contributed by atoms with Crippen molar-refractivity contribution in [2.24, 2.45) is 11.8 Å². The van der Waals surface area contributed by atoms with E-state index in [4.69, 9.17) is 4.74 Å². The maximum Gasteiger partial charge on any atom is 0.240 e. The Morgan fingerprint density at radius 1 is 0.886 bits per heavy atom. The van der Waals surface area contributed by atoms with E-state index < -0.39 is 23.9 Å². The van der Waals surface area contributed by atoms with Gasteiger partial charge in [0.15, 0.2) is 5.78 Å². The Kier molecular flexibility index (Phi) is 5.11. The average Bonchev–Trinajstić information content (AvgIpc) is 3.37. The summed E-state index contributed by atoms with van der Waals surface area (Å²) in [6, 6.07) is 20.6. The molecule has 2 amide bonds. The number of benzene rings is 3. The smallest absolute Gasteiger partial charge is 0.240 e. The fourth-order valence-electron chi connectivity index (χ4n) is 5.63. The highest BCUT2D eigenvalue weighted by atomic mass is 79.9. The van der Waals surface area contributed by atoms with Crippen LogP contribution in [0.1, 0.15) is 27.5 Å². The van der Waals surface area contributed by atoms with Gasteiger partial charge >= 0.3 is 0 Å². The molecule has 0 bridgehead atoms.